The van der Waals surface area contributed by atoms with Crippen molar-refractivity contribution in [3.63, 3.8) is 0 Å². The molecule has 0 fully saturated rings. The Balaban J connectivity index is 1.47. The molecule has 1 aliphatic heterocycles. The lowest BCUT2D eigenvalue weighted by molar-refractivity contribution is 0.239. The predicted octanol–water partition coefficient (Wildman–Crippen LogP) is 3.81. The fraction of sp³-hybridized carbons (Fsp3) is 0.333. The van der Waals surface area contributed by atoms with Gasteiger partial charge in [-0.3, -0.25) is 4.90 Å². The second kappa shape index (κ2) is 9.74. The molecule has 0 atom stereocenters. The maximum absolute atomic E-state index is 5.53. The lowest BCUT2D eigenvalue weighted by atomic mass is 10.1. The highest BCUT2D eigenvalue weighted by Crippen LogP contribution is 2.29. The van der Waals surface area contributed by atoms with Crippen molar-refractivity contribution in [1.29, 1.82) is 0 Å². The number of fused-ring (bicyclic) bond motifs is 1. The zero-order valence-electron chi connectivity index (χ0n) is 18.8. The molecule has 1 aliphatic rings. The molecule has 1 aromatic heterocycles. The molecule has 0 aliphatic carbocycles. The van der Waals surface area contributed by atoms with Gasteiger partial charge < -0.3 is 24.3 Å². The molecule has 0 saturated heterocycles. The van der Waals surface area contributed by atoms with Crippen molar-refractivity contribution in [3.05, 3.63) is 59.4 Å². The molecule has 2 aromatic carbocycles. The Kier molecular flexibility index (Phi) is 6.61. The molecule has 3 aromatic rings. The Morgan fingerprint density at radius 2 is 1.66 bits per heavy atom. The van der Waals surface area contributed by atoms with Gasteiger partial charge in [0.1, 0.15) is 23.0 Å². The van der Waals surface area contributed by atoms with Crippen LogP contribution in [0.2, 0.25) is 0 Å². The van der Waals surface area contributed by atoms with Gasteiger partial charge in [-0.25, -0.2) is 9.97 Å². The van der Waals surface area contributed by atoms with E-state index in [1.165, 1.54) is 0 Å². The molecule has 1 N–H and O–H groups in total. The molecule has 4 rings (SSSR count). The Bertz CT molecular complexity index is 1070. The fourth-order valence-corrected chi connectivity index (χ4v) is 3.82. The van der Waals surface area contributed by atoms with E-state index in [1.54, 1.807) is 28.4 Å². The van der Waals surface area contributed by atoms with Crippen molar-refractivity contribution in [2.24, 2.45) is 0 Å². The molecular weight excluding hydrogens is 408 g/mol. The van der Waals surface area contributed by atoms with Crippen molar-refractivity contribution in [2.45, 2.75) is 19.5 Å². The highest BCUT2D eigenvalue weighted by atomic mass is 16.5. The number of aromatic nitrogens is 2. The average molecular weight is 437 g/mol. The summed E-state index contributed by atoms with van der Waals surface area (Å²) in [5.41, 5.74) is 4.10. The van der Waals surface area contributed by atoms with Gasteiger partial charge >= 0.3 is 0 Å². The van der Waals surface area contributed by atoms with Crippen molar-refractivity contribution in [3.8, 4) is 23.0 Å². The number of hydrogen-bond donors (Lipinski definition) is 1. The zero-order chi connectivity index (χ0) is 22.5. The van der Waals surface area contributed by atoms with Crippen molar-refractivity contribution < 1.29 is 18.9 Å². The summed E-state index contributed by atoms with van der Waals surface area (Å²) < 4.78 is 21.6. The number of nitrogens with one attached hydrogen (secondary N) is 1. The van der Waals surface area contributed by atoms with Crippen LogP contribution in [0.15, 0.2) is 42.6 Å². The van der Waals surface area contributed by atoms with E-state index in [1.807, 2.05) is 42.6 Å². The van der Waals surface area contributed by atoms with E-state index < -0.39 is 0 Å². The first kappa shape index (κ1) is 21.7. The van der Waals surface area contributed by atoms with E-state index in [2.05, 4.69) is 15.2 Å². The first-order valence-corrected chi connectivity index (χ1v) is 10.4. The Morgan fingerprint density at radius 3 is 2.34 bits per heavy atom. The standard InChI is InChI=1S/C24H28N4O4/c1-29-19-5-6-23(32-4)16(9-19)14-28-8-7-22-17(15-28)13-25-24(27-22)26-18-10-20(30-2)12-21(11-18)31-3/h5-6,9-13H,7-8,14-15H2,1-4H3,(H,25,26,27). The number of benzene rings is 2. The molecule has 2 heterocycles. The molecule has 0 amide bonds. The highest BCUT2D eigenvalue weighted by Gasteiger charge is 2.20. The van der Waals surface area contributed by atoms with Gasteiger partial charge in [-0.1, -0.05) is 0 Å². The largest absolute Gasteiger partial charge is 0.497 e. The topological polar surface area (TPSA) is 78.0 Å². The summed E-state index contributed by atoms with van der Waals surface area (Å²) in [5, 5.41) is 3.26. The summed E-state index contributed by atoms with van der Waals surface area (Å²) in [7, 11) is 6.62. The number of methoxy groups -OCH3 is 4. The van der Waals surface area contributed by atoms with Crippen LogP contribution in [-0.2, 0) is 19.5 Å². The van der Waals surface area contributed by atoms with Crippen LogP contribution < -0.4 is 24.3 Å². The van der Waals surface area contributed by atoms with Crippen LogP contribution in [0.25, 0.3) is 0 Å². The van der Waals surface area contributed by atoms with Gasteiger partial charge in [0, 0.05) is 67.3 Å². The third-order valence-electron chi connectivity index (χ3n) is 5.50. The van der Waals surface area contributed by atoms with E-state index in [0.717, 1.165) is 60.1 Å². The number of anilines is 2. The molecule has 0 bridgehead atoms. The summed E-state index contributed by atoms with van der Waals surface area (Å²) in [6, 6.07) is 11.5. The van der Waals surface area contributed by atoms with Crippen molar-refractivity contribution in [1.82, 2.24) is 14.9 Å². The lowest BCUT2D eigenvalue weighted by Crippen LogP contribution is -2.31. The van der Waals surface area contributed by atoms with Crippen molar-refractivity contribution in [2.75, 3.05) is 40.3 Å². The predicted molar refractivity (Wildman–Crippen MR) is 122 cm³/mol. The number of nitrogens with zero attached hydrogens (tertiary/aromatic N) is 3. The number of ether oxygens (including phenoxy) is 4. The van der Waals surface area contributed by atoms with Crippen LogP contribution in [0.4, 0.5) is 11.6 Å². The third-order valence-corrected chi connectivity index (χ3v) is 5.50. The molecule has 0 spiro atoms. The number of hydrogen-bond acceptors (Lipinski definition) is 8. The normalized spacial score (nSPS) is 13.2. The van der Waals surface area contributed by atoms with Crippen LogP contribution in [-0.4, -0.2) is 49.9 Å². The summed E-state index contributed by atoms with van der Waals surface area (Å²) >= 11 is 0. The minimum absolute atomic E-state index is 0.557. The maximum atomic E-state index is 5.53. The second-order valence-corrected chi connectivity index (χ2v) is 7.53. The van der Waals surface area contributed by atoms with Gasteiger partial charge in [-0.05, 0) is 18.2 Å². The maximum Gasteiger partial charge on any atom is 0.227 e. The van der Waals surface area contributed by atoms with Crippen LogP contribution in [0.5, 0.6) is 23.0 Å². The Morgan fingerprint density at radius 1 is 0.906 bits per heavy atom. The molecule has 0 radical (unpaired) electrons. The van der Waals surface area contributed by atoms with E-state index >= 15 is 0 Å². The molecule has 0 unspecified atom stereocenters. The summed E-state index contributed by atoms with van der Waals surface area (Å²) in [6.45, 7) is 2.45. The molecular formula is C24H28N4O4. The van der Waals surface area contributed by atoms with E-state index in [0.29, 0.717) is 17.4 Å². The van der Waals surface area contributed by atoms with Gasteiger partial charge in [0.25, 0.3) is 0 Å². The van der Waals surface area contributed by atoms with E-state index in [-0.39, 0.29) is 0 Å². The SMILES string of the molecule is COc1cc(Nc2ncc3c(n2)CCN(Cc2cc(OC)ccc2OC)C3)cc(OC)c1. The van der Waals surface area contributed by atoms with Gasteiger partial charge in [0.05, 0.1) is 34.1 Å². The highest BCUT2D eigenvalue weighted by molar-refractivity contribution is 5.59. The number of rotatable bonds is 8. The average Bonchev–Trinajstić information content (AvgIpc) is 2.83. The fourth-order valence-electron chi connectivity index (χ4n) is 3.82. The quantitative estimate of drug-likeness (QED) is 0.571. The zero-order valence-corrected chi connectivity index (χ0v) is 18.8. The minimum atomic E-state index is 0.557. The third kappa shape index (κ3) is 4.86. The summed E-state index contributed by atoms with van der Waals surface area (Å²) in [5.74, 6) is 3.65. The van der Waals surface area contributed by atoms with Crippen LogP contribution >= 0.6 is 0 Å². The summed E-state index contributed by atoms with van der Waals surface area (Å²) in [4.78, 5) is 11.6. The molecule has 0 saturated carbocycles. The van der Waals surface area contributed by atoms with E-state index in [4.69, 9.17) is 23.9 Å². The smallest absolute Gasteiger partial charge is 0.227 e. The molecule has 8 heteroatoms. The van der Waals surface area contributed by atoms with Gasteiger partial charge in [-0.15, -0.1) is 0 Å². The molecule has 32 heavy (non-hydrogen) atoms. The first-order valence-electron chi connectivity index (χ1n) is 10.4. The Labute approximate surface area is 188 Å². The first-order chi connectivity index (χ1) is 15.6. The van der Waals surface area contributed by atoms with Crippen LogP contribution in [0.1, 0.15) is 16.8 Å². The monoisotopic (exact) mass is 436 g/mol. The summed E-state index contributed by atoms with van der Waals surface area (Å²) in [6.07, 6.45) is 2.75. The van der Waals surface area contributed by atoms with Crippen molar-refractivity contribution >= 4 is 11.6 Å². The van der Waals surface area contributed by atoms with Gasteiger partial charge in [0.15, 0.2) is 0 Å². The molecule has 168 valence electrons. The van der Waals surface area contributed by atoms with Crippen LogP contribution in [0, 0.1) is 0 Å². The van der Waals surface area contributed by atoms with E-state index in [9.17, 15) is 0 Å². The Hall–Kier alpha value is -3.52. The van der Waals surface area contributed by atoms with Crippen LogP contribution in [0.3, 0.4) is 0 Å². The second-order valence-electron chi connectivity index (χ2n) is 7.53. The van der Waals surface area contributed by atoms with Gasteiger partial charge in [0.2, 0.25) is 5.95 Å². The minimum Gasteiger partial charge on any atom is -0.497 e. The van der Waals surface area contributed by atoms with Gasteiger partial charge in [-0.2, -0.15) is 0 Å². The molecule has 8 nitrogen and oxygen atoms in total. The lowest BCUT2D eigenvalue weighted by Gasteiger charge is -2.28.